The fraction of sp³-hybridized carbons (Fsp3) is 0.267. The third kappa shape index (κ3) is 4.83. The van der Waals surface area contributed by atoms with Gasteiger partial charge in [0.05, 0.1) is 11.0 Å². The van der Waals surface area contributed by atoms with Gasteiger partial charge in [0.1, 0.15) is 18.1 Å². The summed E-state index contributed by atoms with van der Waals surface area (Å²) < 4.78 is 8.00. The van der Waals surface area contributed by atoms with E-state index in [1.165, 1.54) is 22.3 Å². The Bertz CT molecular complexity index is 1460. The molecule has 0 aliphatic rings. The molecule has 0 radical (unpaired) electrons. The van der Waals surface area contributed by atoms with Gasteiger partial charge in [-0.3, -0.25) is 0 Å². The highest BCUT2D eigenvalue weighted by Gasteiger charge is 2.21. The van der Waals surface area contributed by atoms with Gasteiger partial charge in [-0.2, -0.15) is 0 Å². The van der Waals surface area contributed by atoms with Crippen molar-refractivity contribution in [3.05, 3.63) is 101 Å². The lowest BCUT2D eigenvalue weighted by Gasteiger charge is -2.17. The molecule has 5 rings (SSSR count). The first-order valence-corrected chi connectivity index (χ1v) is 12.5. The first-order chi connectivity index (χ1) is 17.7. The van der Waals surface area contributed by atoms with Crippen molar-refractivity contribution in [2.45, 2.75) is 39.3 Å². The number of anilines is 1. The number of imidazole rings is 1. The Hall–Kier alpha value is -3.74. The van der Waals surface area contributed by atoms with Crippen LogP contribution in [0.1, 0.15) is 41.4 Å². The molecule has 0 spiro atoms. The minimum absolute atomic E-state index is 0.104. The SMILES string of the molecule is CCOCn1c(CCCO)nc2c(N)nc3ccc(Cc4ccccc4)c(Cc4ccccc4)c3c21. The third-order valence-electron chi connectivity index (χ3n) is 6.60. The zero-order valence-electron chi connectivity index (χ0n) is 20.7. The van der Waals surface area contributed by atoms with Crippen molar-refractivity contribution >= 4 is 27.8 Å². The van der Waals surface area contributed by atoms with Crippen molar-refractivity contribution in [3.8, 4) is 0 Å². The second kappa shape index (κ2) is 10.9. The Kier molecular flexibility index (Phi) is 7.26. The molecule has 0 saturated heterocycles. The molecule has 0 saturated carbocycles. The van der Waals surface area contributed by atoms with Crippen molar-refractivity contribution in [2.75, 3.05) is 18.9 Å². The highest BCUT2D eigenvalue weighted by atomic mass is 16.5. The van der Waals surface area contributed by atoms with Crippen molar-refractivity contribution in [2.24, 2.45) is 0 Å². The summed E-state index contributed by atoms with van der Waals surface area (Å²) in [4.78, 5) is 9.68. The van der Waals surface area contributed by atoms with Crippen LogP contribution in [0.4, 0.5) is 5.82 Å². The molecule has 0 bridgehead atoms. The van der Waals surface area contributed by atoms with Gasteiger partial charge in [0, 0.05) is 25.0 Å². The van der Waals surface area contributed by atoms with E-state index >= 15 is 0 Å². The number of nitrogens with two attached hydrogens (primary N) is 1. The molecule has 2 heterocycles. The van der Waals surface area contributed by atoms with Gasteiger partial charge < -0.3 is 20.1 Å². The van der Waals surface area contributed by atoms with Crippen molar-refractivity contribution in [1.82, 2.24) is 14.5 Å². The van der Waals surface area contributed by atoms with Gasteiger partial charge in [-0.15, -0.1) is 0 Å². The van der Waals surface area contributed by atoms with Gasteiger partial charge in [0.25, 0.3) is 0 Å². The van der Waals surface area contributed by atoms with Crippen LogP contribution in [0, 0.1) is 0 Å². The summed E-state index contributed by atoms with van der Waals surface area (Å²) >= 11 is 0. The van der Waals surface area contributed by atoms with E-state index in [4.69, 9.17) is 20.4 Å². The van der Waals surface area contributed by atoms with Gasteiger partial charge in [0.15, 0.2) is 5.82 Å². The first kappa shape index (κ1) is 24.0. The number of aliphatic hydroxyl groups excluding tert-OH is 1. The predicted octanol–water partition coefficient (Wildman–Crippen LogP) is 5.27. The van der Waals surface area contributed by atoms with Gasteiger partial charge in [0.2, 0.25) is 0 Å². The van der Waals surface area contributed by atoms with Crippen LogP contribution < -0.4 is 5.73 Å². The number of rotatable bonds is 10. The zero-order chi connectivity index (χ0) is 24.9. The van der Waals surface area contributed by atoms with Crippen molar-refractivity contribution in [3.63, 3.8) is 0 Å². The average Bonchev–Trinajstić information content (AvgIpc) is 3.27. The normalized spacial score (nSPS) is 11.5. The van der Waals surface area contributed by atoms with E-state index in [9.17, 15) is 5.11 Å². The molecule has 6 heteroatoms. The number of benzene rings is 3. The molecule has 184 valence electrons. The van der Waals surface area contributed by atoms with E-state index in [-0.39, 0.29) is 6.61 Å². The molecule has 0 aliphatic carbocycles. The van der Waals surface area contributed by atoms with E-state index < -0.39 is 0 Å². The smallest absolute Gasteiger partial charge is 0.152 e. The molecule has 3 N–H and O–H groups in total. The van der Waals surface area contributed by atoms with E-state index in [1.807, 2.05) is 19.1 Å². The summed E-state index contributed by atoms with van der Waals surface area (Å²) in [5.74, 6) is 1.27. The highest BCUT2D eigenvalue weighted by molar-refractivity contribution is 6.08. The number of aromatic nitrogens is 3. The molecule has 6 nitrogen and oxygen atoms in total. The van der Waals surface area contributed by atoms with E-state index in [0.29, 0.717) is 37.5 Å². The fourth-order valence-electron chi connectivity index (χ4n) is 4.88. The summed E-state index contributed by atoms with van der Waals surface area (Å²) in [5.41, 5.74) is 13.9. The van der Waals surface area contributed by atoms with Gasteiger partial charge in [-0.1, -0.05) is 66.7 Å². The number of aryl methyl sites for hydroxylation is 1. The van der Waals surface area contributed by atoms with Crippen LogP contribution >= 0.6 is 0 Å². The zero-order valence-corrected chi connectivity index (χ0v) is 20.7. The number of hydrogen-bond donors (Lipinski definition) is 2. The number of ether oxygens (including phenoxy) is 1. The molecule has 0 atom stereocenters. The maximum absolute atomic E-state index is 9.48. The van der Waals surface area contributed by atoms with Crippen LogP contribution in [0.5, 0.6) is 0 Å². The van der Waals surface area contributed by atoms with Crippen LogP contribution in [0.2, 0.25) is 0 Å². The number of nitrogen functional groups attached to an aromatic ring is 1. The molecule has 0 aliphatic heterocycles. The van der Waals surface area contributed by atoms with E-state index in [1.54, 1.807) is 0 Å². The summed E-state index contributed by atoms with van der Waals surface area (Å²) in [6.07, 6.45) is 2.85. The maximum Gasteiger partial charge on any atom is 0.152 e. The second-order valence-electron chi connectivity index (χ2n) is 9.02. The number of hydrogen-bond acceptors (Lipinski definition) is 5. The minimum atomic E-state index is 0.104. The largest absolute Gasteiger partial charge is 0.396 e. The lowest BCUT2D eigenvalue weighted by atomic mass is 9.91. The van der Waals surface area contributed by atoms with E-state index in [0.717, 1.165) is 35.1 Å². The summed E-state index contributed by atoms with van der Waals surface area (Å²) in [6.45, 7) is 3.06. The lowest BCUT2D eigenvalue weighted by Crippen LogP contribution is -2.09. The quantitative estimate of drug-likeness (QED) is 0.284. The van der Waals surface area contributed by atoms with Gasteiger partial charge >= 0.3 is 0 Å². The number of aliphatic hydroxyl groups is 1. The monoisotopic (exact) mass is 480 g/mol. The molecule has 0 fully saturated rings. The van der Waals surface area contributed by atoms with Crippen LogP contribution in [0.3, 0.4) is 0 Å². The van der Waals surface area contributed by atoms with Crippen LogP contribution in [-0.4, -0.2) is 32.9 Å². The summed E-state index contributed by atoms with van der Waals surface area (Å²) in [5, 5.41) is 10.5. The number of pyridine rings is 1. The first-order valence-electron chi connectivity index (χ1n) is 12.5. The topological polar surface area (TPSA) is 86.2 Å². The summed E-state index contributed by atoms with van der Waals surface area (Å²) in [7, 11) is 0. The fourth-order valence-corrected chi connectivity index (χ4v) is 4.88. The Morgan fingerprint density at radius 3 is 2.25 bits per heavy atom. The maximum atomic E-state index is 9.48. The molecule has 36 heavy (non-hydrogen) atoms. The van der Waals surface area contributed by atoms with Gasteiger partial charge in [-0.25, -0.2) is 9.97 Å². The molecular formula is C30H32N4O2. The van der Waals surface area contributed by atoms with Gasteiger partial charge in [-0.05, 0) is 54.5 Å². The molecule has 2 aromatic heterocycles. The second-order valence-corrected chi connectivity index (χ2v) is 9.02. The molecule has 0 unspecified atom stereocenters. The molecule has 0 amide bonds. The van der Waals surface area contributed by atoms with Crippen LogP contribution in [0.15, 0.2) is 72.8 Å². The van der Waals surface area contributed by atoms with Crippen LogP contribution in [0.25, 0.3) is 21.9 Å². The van der Waals surface area contributed by atoms with Crippen LogP contribution in [-0.2, 0) is 30.7 Å². The highest BCUT2D eigenvalue weighted by Crippen LogP contribution is 2.35. The molecular weight excluding hydrogens is 448 g/mol. The summed E-state index contributed by atoms with van der Waals surface area (Å²) in [6, 6.07) is 25.3. The minimum Gasteiger partial charge on any atom is -0.396 e. The van der Waals surface area contributed by atoms with Crippen molar-refractivity contribution < 1.29 is 9.84 Å². The Morgan fingerprint density at radius 2 is 1.58 bits per heavy atom. The molecule has 3 aromatic carbocycles. The Balaban J connectivity index is 1.80. The predicted molar refractivity (Wildman–Crippen MR) is 145 cm³/mol. The number of fused-ring (bicyclic) bond motifs is 3. The average molecular weight is 481 g/mol. The third-order valence-corrected chi connectivity index (χ3v) is 6.60. The van der Waals surface area contributed by atoms with Crippen molar-refractivity contribution in [1.29, 1.82) is 0 Å². The van der Waals surface area contributed by atoms with E-state index in [2.05, 4.69) is 65.2 Å². The Morgan fingerprint density at radius 1 is 0.889 bits per heavy atom. The number of nitrogens with zero attached hydrogens (tertiary/aromatic N) is 3. The molecule has 5 aromatic rings. The lowest BCUT2D eigenvalue weighted by molar-refractivity contribution is 0.0884. The Labute approximate surface area is 211 Å². The standard InChI is InChI=1S/C30H32N4O2/c1-2-36-20-34-26(14-9-17-35)33-28-29(34)27-24(19-22-12-7-4-8-13-22)23(15-16-25(27)32-30(28)31)18-21-10-5-3-6-11-21/h3-8,10-13,15-16,35H,2,9,14,17-20H2,1H3,(H2,31,32).